The summed E-state index contributed by atoms with van der Waals surface area (Å²) in [6.45, 7) is 0. The molecule has 0 bridgehead atoms. The first kappa shape index (κ1) is 12.4. The first-order valence-corrected chi connectivity index (χ1v) is 5.54. The number of rotatable bonds is 3. The lowest BCUT2D eigenvalue weighted by molar-refractivity contribution is 0.0686. The number of carbonyl (C=O) groups is 1. The van der Waals surface area contributed by atoms with Gasteiger partial charge in [0.15, 0.2) is 11.4 Å². The Labute approximate surface area is 109 Å². The first-order valence-electron chi connectivity index (χ1n) is 5.16. The third-order valence-electron chi connectivity index (χ3n) is 2.40. The van der Waals surface area contributed by atoms with Crippen LogP contribution in [0, 0.1) is 0 Å². The normalized spacial score (nSPS) is 10.1. The average Bonchev–Trinajstić information content (AvgIpc) is 2.38. The molecule has 5 heteroatoms. The van der Waals surface area contributed by atoms with Crippen LogP contribution in [0.3, 0.4) is 0 Å². The van der Waals surface area contributed by atoms with E-state index in [2.05, 4.69) is 4.98 Å². The highest BCUT2D eigenvalue weighted by Crippen LogP contribution is 2.31. The molecule has 0 amide bonds. The fourth-order valence-corrected chi connectivity index (χ4v) is 1.87. The van der Waals surface area contributed by atoms with E-state index in [1.165, 1.54) is 7.11 Å². The number of carboxylic acids is 1. The molecular formula is C13H10ClNO3. The van der Waals surface area contributed by atoms with Gasteiger partial charge in [0.25, 0.3) is 0 Å². The molecule has 2 aromatic rings. The third kappa shape index (κ3) is 2.28. The van der Waals surface area contributed by atoms with Crippen LogP contribution in [0.4, 0.5) is 0 Å². The summed E-state index contributed by atoms with van der Waals surface area (Å²) in [6.07, 6.45) is 0. The standard InChI is InChI=1S/C13H10ClNO3/c1-18-12-9(14)7-10(15-11(12)13(16)17)8-5-3-2-4-6-8/h2-7H,1H3,(H,16,17). The van der Waals surface area contributed by atoms with E-state index in [1.807, 2.05) is 30.3 Å². The van der Waals surface area contributed by atoms with Crippen LogP contribution in [0.1, 0.15) is 10.5 Å². The van der Waals surface area contributed by atoms with E-state index in [4.69, 9.17) is 21.4 Å². The van der Waals surface area contributed by atoms with Gasteiger partial charge in [0.1, 0.15) is 0 Å². The van der Waals surface area contributed by atoms with Crippen LogP contribution in [0.25, 0.3) is 11.3 Å². The van der Waals surface area contributed by atoms with Gasteiger partial charge in [-0.25, -0.2) is 9.78 Å². The molecule has 18 heavy (non-hydrogen) atoms. The number of hydrogen-bond donors (Lipinski definition) is 1. The second kappa shape index (κ2) is 5.06. The maximum atomic E-state index is 11.1. The van der Waals surface area contributed by atoms with Crippen LogP contribution in [-0.4, -0.2) is 23.2 Å². The number of aromatic carboxylic acids is 1. The molecule has 0 atom stereocenters. The molecule has 0 aliphatic rings. The van der Waals surface area contributed by atoms with E-state index in [0.717, 1.165) is 5.56 Å². The van der Waals surface area contributed by atoms with Crippen molar-refractivity contribution in [3.05, 3.63) is 47.1 Å². The molecule has 0 fully saturated rings. The smallest absolute Gasteiger partial charge is 0.358 e. The summed E-state index contributed by atoms with van der Waals surface area (Å²) in [4.78, 5) is 15.2. The van der Waals surface area contributed by atoms with Crippen molar-refractivity contribution in [2.24, 2.45) is 0 Å². The van der Waals surface area contributed by atoms with Gasteiger partial charge in [-0.1, -0.05) is 41.9 Å². The lowest BCUT2D eigenvalue weighted by atomic mass is 10.1. The van der Waals surface area contributed by atoms with Crippen LogP contribution < -0.4 is 4.74 Å². The van der Waals surface area contributed by atoms with Gasteiger partial charge in [-0.3, -0.25) is 0 Å². The predicted molar refractivity (Wildman–Crippen MR) is 68.2 cm³/mol. The number of aromatic nitrogens is 1. The summed E-state index contributed by atoms with van der Waals surface area (Å²) in [5.74, 6) is -1.10. The highest BCUT2D eigenvalue weighted by atomic mass is 35.5. The lowest BCUT2D eigenvalue weighted by Gasteiger charge is -2.09. The Hall–Kier alpha value is -2.07. The Morgan fingerprint density at radius 3 is 2.56 bits per heavy atom. The fourth-order valence-electron chi connectivity index (χ4n) is 1.60. The SMILES string of the molecule is COc1c(Cl)cc(-c2ccccc2)nc1C(=O)O. The summed E-state index contributed by atoms with van der Waals surface area (Å²) in [6, 6.07) is 10.8. The van der Waals surface area contributed by atoms with E-state index < -0.39 is 5.97 Å². The van der Waals surface area contributed by atoms with Crippen LogP contribution in [0.5, 0.6) is 5.75 Å². The summed E-state index contributed by atoms with van der Waals surface area (Å²) in [5.41, 5.74) is 1.10. The number of benzene rings is 1. The van der Waals surface area contributed by atoms with Gasteiger partial charge >= 0.3 is 5.97 Å². The van der Waals surface area contributed by atoms with E-state index in [9.17, 15) is 4.79 Å². The van der Waals surface area contributed by atoms with Crippen molar-refractivity contribution in [3.63, 3.8) is 0 Å². The van der Waals surface area contributed by atoms with Crippen molar-refractivity contribution in [2.75, 3.05) is 7.11 Å². The Morgan fingerprint density at radius 1 is 1.33 bits per heavy atom. The van der Waals surface area contributed by atoms with Gasteiger partial charge in [-0.2, -0.15) is 0 Å². The summed E-state index contributed by atoms with van der Waals surface area (Å²) >= 11 is 6.00. The van der Waals surface area contributed by atoms with E-state index in [1.54, 1.807) is 6.07 Å². The van der Waals surface area contributed by atoms with E-state index in [-0.39, 0.29) is 16.5 Å². The van der Waals surface area contributed by atoms with Gasteiger partial charge in [0, 0.05) is 5.56 Å². The lowest BCUT2D eigenvalue weighted by Crippen LogP contribution is -2.05. The molecule has 1 aromatic carbocycles. The number of methoxy groups -OCH3 is 1. The quantitative estimate of drug-likeness (QED) is 0.924. The molecule has 1 aromatic heterocycles. The maximum absolute atomic E-state index is 11.1. The Balaban J connectivity index is 2.62. The zero-order valence-corrected chi connectivity index (χ0v) is 10.3. The Morgan fingerprint density at radius 2 is 2.00 bits per heavy atom. The molecule has 0 saturated carbocycles. The predicted octanol–water partition coefficient (Wildman–Crippen LogP) is 3.11. The summed E-state index contributed by atoms with van der Waals surface area (Å²) in [5, 5.41) is 9.32. The van der Waals surface area contributed by atoms with E-state index >= 15 is 0 Å². The summed E-state index contributed by atoms with van der Waals surface area (Å²) in [7, 11) is 1.36. The van der Waals surface area contributed by atoms with Crippen molar-refractivity contribution in [3.8, 4) is 17.0 Å². The number of pyridine rings is 1. The number of ether oxygens (including phenoxy) is 1. The van der Waals surface area contributed by atoms with Crippen LogP contribution >= 0.6 is 11.6 Å². The number of carboxylic acid groups (broad SMARTS) is 1. The average molecular weight is 264 g/mol. The molecule has 92 valence electrons. The van der Waals surface area contributed by atoms with Crippen LogP contribution in [-0.2, 0) is 0 Å². The first-order chi connectivity index (χ1) is 8.63. The monoisotopic (exact) mass is 263 g/mol. The Kier molecular flexibility index (Phi) is 3.48. The zero-order chi connectivity index (χ0) is 13.1. The minimum absolute atomic E-state index is 0.0730. The molecule has 1 heterocycles. The van der Waals surface area contributed by atoms with Gasteiger partial charge in [0.05, 0.1) is 17.8 Å². The number of halogens is 1. The summed E-state index contributed by atoms with van der Waals surface area (Å²) < 4.78 is 4.95. The van der Waals surface area contributed by atoms with Gasteiger partial charge in [0.2, 0.25) is 0 Å². The molecule has 0 unspecified atom stereocenters. The molecule has 0 radical (unpaired) electrons. The molecule has 4 nitrogen and oxygen atoms in total. The van der Waals surface area contributed by atoms with Gasteiger partial charge in [-0.15, -0.1) is 0 Å². The van der Waals surface area contributed by atoms with Crippen LogP contribution in [0.15, 0.2) is 36.4 Å². The molecule has 0 aliphatic carbocycles. The molecular weight excluding hydrogens is 254 g/mol. The largest absolute Gasteiger partial charge is 0.493 e. The van der Waals surface area contributed by atoms with Crippen molar-refractivity contribution in [2.45, 2.75) is 0 Å². The molecule has 1 N–H and O–H groups in total. The Bertz CT molecular complexity index is 584. The highest BCUT2D eigenvalue weighted by Gasteiger charge is 2.18. The maximum Gasteiger partial charge on any atom is 0.358 e. The highest BCUT2D eigenvalue weighted by molar-refractivity contribution is 6.32. The van der Waals surface area contributed by atoms with Crippen molar-refractivity contribution in [1.82, 2.24) is 4.98 Å². The van der Waals surface area contributed by atoms with E-state index in [0.29, 0.717) is 5.69 Å². The van der Waals surface area contributed by atoms with Crippen molar-refractivity contribution >= 4 is 17.6 Å². The number of nitrogens with zero attached hydrogens (tertiary/aromatic N) is 1. The third-order valence-corrected chi connectivity index (χ3v) is 2.68. The second-order valence-electron chi connectivity index (χ2n) is 3.54. The molecule has 0 aliphatic heterocycles. The van der Waals surface area contributed by atoms with Crippen LogP contribution in [0.2, 0.25) is 5.02 Å². The minimum Gasteiger partial charge on any atom is -0.493 e. The fraction of sp³-hybridized carbons (Fsp3) is 0.0769. The zero-order valence-electron chi connectivity index (χ0n) is 9.55. The topological polar surface area (TPSA) is 59.4 Å². The number of hydrogen-bond acceptors (Lipinski definition) is 3. The van der Waals surface area contributed by atoms with Gasteiger partial charge < -0.3 is 9.84 Å². The minimum atomic E-state index is -1.17. The molecule has 0 spiro atoms. The van der Waals surface area contributed by atoms with Crippen molar-refractivity contribution < 1.29 is 14.6 Å². The molecule has 0 saturated heterocycles. The molecule has 2 rings (SSSR count). The van der Waals surface area contributed by atoms with Crippen molar-refractivity contribution in [1.29, 1.82) is 0 Å². The van der Waals surface area contributed by atoms with Gasteiger partial charge in [-0.05, 0) is 6.07 Å². The second-order valence-corrected chi connectivity index (χ2v) is 3.95.